The average molecular weight is 292 g/mol. The molecule has 22 heavy (non-hydrogen) atoms. The van der Waals surface area contributed by atoms with E-state index in [2.05, 4.69) is 21.9 Å². The van der Waals surface area contributed by atoms with E-state index in [9.17, 15) is 4.79 Å². The Balaban J connectivity index is 2.22. The van der Waals surface area contributed by atoms with E-state index in [0.717, 1.165) is 22.3 Å². The van der Waals surface area contributed by atoms with E-state index >= 15 is 0 Å². The van der Waals surface area contributed by atoms with E-state index in [-0.39, 0.29) is 0 Å². The number of carbonyl (C=O) groups is 1. The van der Waals surface area contributed by atoms with Crippen LogP contribution in [0.4, 0.5) is 0 Å². The van der Waals surface area contributed by atoms with Crippen molar-refractivity contribution in [2.75, 3.05) is 0 Å². The predicted octanol–water partition coefficient (Wildman–Crippen LogP) is 3.92. The molecule has 0 N–H and O–H groups in total. The maximum absolute atomic E-state index is 11.0. The van der Waals surface area contributed by atoms with Crippen LogP contribution in [0.5, 0.6) is 0 Å². The first-order valence-corrected chi connectivity index (χ1v) is 7.05. The van der Waals surface area contributed by atoms with Gasteiger partial charge in [-0.25, -0.2) is 4.79 Å². The van der Waals surface area contributed by atoms with E-state index in [1.165, 1.54) is 6.92 Å². The summed E-state index contributed by atoms with van der Waals surface area (Å²) in [7, 11) is 0. The minimum absolute atomic E-state index is 0.429. The zero-order valence-corrected chi connectivity index (χ0v) is 12.5. The molecule has 1 heterocycles. The molecule has 0 spiro atoms. The quantitative estimate of drug-likeness (QED) is 0.417. The van der Waals surface area contributed by atoms with Gasteiger partial charge in [0, 0.05) is 18.0 Å². The molecule has 110 valence electrons. The Bertz CT molecular complexity index is 848. The van der Waals surface area contributed by atoms with Gasteiger partial charge in [0.05, 0.1) is 11.2 Å². The largest absolute Gasteiger partial charge is 0.331 e. The van der Waals surface area contributed by atoms with E-state index in [1.807, 2.05) is 55.5 Å². The molecule has 2 aromatic carbocycles. The number of carbonyl (C=O) groups excluding carboxylic acids is 1. The monoisotopic (exact) mass is 292 g/mol. The van der Waals surface area contributed by atoms with Crippen LogP contribution in [0.15, 0.2) is 65.8 Å². The predicted molar refractivity (Wildman–Crippen MR) is 87.3 cm³/mol. The van der Waals surface area contributed by atoms with Crippen molar-refractivity contribution in [2.24, 2.45) is 5.16 Å². The van der Waals surface area contributed by atoms with E-state index < -0.39 is 5.97 Å². The third-order valence-electron chi connectivity index (χ3n) is 3.41. The number of aromatic nitrogens is 1. The topological polar surface area (TPSA) is 43.6 Å². The second-order valence-corrected chi connectivity index (χ2v) is 5.02. The minimum Gasteiger partial charge on any atom is -0.318 e. The normalized spacial score (nSPS) is 11.6. The Morgan fingerprint density at radius 2 is 1.68 bits per heavy atom. The SMILES string of the molecule is CC(=O)ON=C(C)c1cc2ccccc2n1-c1ccccc1. The molecular formula is C18H16N2O2. The molecule has 0 aliphatic carbocycles. The van der Waals surface area contributed by atoms with Crippen molar-refractivity contribution in [1.82, 2.24) is 4.57 Å². The summed E-state index contributed by atoms with van der Waals surface area (Å²) in [4.78, 5) is 15.8. The van der Waals surface area contributed by atoms with Crippen LogP contribution in [0.25, 0.3) is 16.6 Å². The van der Waals surface area contributed by atoms with Crippen LogP contribution in [0.1, 0.15) is 19.5 Å². The van der Waals surface area contributed by atoms with Gasteiger partial charge in [0.15, 0.2) is 0 Å². The Morgan fingerprint density at radius 1 is 1.00 bits per heavy atom. The summed E-state index contributed by atoms with van der Waals surface area (Å²) < 4.78 is 2.11. The van der Waals surface area contributed by atoms with Crippen molar-refractivity contribution in [3.63, 3.8) is 0 Å². The number of fused-ring (bicyclic) bond motifs is 1. The molecule has 0 unspecified atom stereocenters. The summed E-state index contributed by atoms with van der Waals surface area (Å²) in [5.41, 5.74) is 3.67. The number of oxime groups is 1. The lowest BCUT2D eigenvalue weighted by Gasteiger charge is -2.10. The lowest BCUT2D eigenvalue weighted by molar-refractivity contribution is -0.140. The lowest BCUT2D eigenvalue weighted by atomic mass is 10.2. The van der Waals surface area contributed by atoms with Gasteiger partial charge >= 0.3 is 5.97 Å². The molecule has 0 saturated heterocycles. The van der Waals surface area contributed by atoms with Crippen LogP contribution in [0.3, 0.4) is 0 Å². The first-order valence-electron chi connectivity index (χ1n) is 7.05. The minimum atomic E-state index is -0.429. The molecule has 0 fully saturated rings. The second kappa shape index (κ2) is 5.85. The fourth-order valence-corrected chi connectivity index (χ4v) is 2.46. The highest BCUT2D eigenvalue weighted by atomic mass is 16.7. The van der Waals surface area contributed by atoms with Crippen molar-refractivity contribution >= 4 is 22.6 Å². The van der Waals surface area contributed by atoms with Crippen molar-refractivity contribution < 1.29 is 9.63 Å². The number of hydrogen-bond donors (Lipinski definition) is 0. The van der Waals surface area contributed by atoms with Crippen LogP contribution >= 0.6 is 0 Å². The number of benzene rings is 2. The smallest absolute Gasteiger partial charge is 0.318 e. The number of hydrogen-bond acceptors (Lipinski definition) is 3. The molecule has 0 radical (unpaired) electrons. The highest BCUT2D eigenvalue weighted by molar-refractivity contribution is 6.03. The van der Waals surface area contributed by atoms with Gasteiger partial charge in [-0.05, 0) is 31.2 Å². The molecule has 0 atom stereocenters. The highest BCUT2D eigenvalue weighted by Crippen LogP contribution is 2.25. The summed E-state index contributed by atoms with van der Waals surface area (Å²) in [5, 5.41) is 5.03. The molecule has 0 aliphatic heterocycles. The Labute approximate surface area is 128 Å². The van der Waals surface area contributed by atoms with Gasteiger partial charge in [0.2, 0.25) is 0 Å². The fourth-order valence-electron chi connectivity index (χ4n) is 2.46. The van der Waals surface area contributed by atoms with Gasteiger partial charge in [0.25, 0.3) is 0 Å². The van der Waals surface area contributed by atoms with Crippen molar-refractivity contribution in [1.29, 1.82) is 0 Å². The van der Waals surface area contributed by atoms with E-state index in [0.29, 0.717) is 5.71 Å². The molecule has 0 saturated carbocycles. The van der Waals surface area contributed by atoms with Gasteiger partial charge in [-0.3, -0.25) is 0 Å². The van der Waals surface area contributed by atoms with Crippen molar-refractivity contribution in [2.45, 2.75) is 13.8 Å². The molecule has 0 amide bonds. The van der Waals surface area contributed by atoms with Gasteiger partial charge < -0.3 is 9.40 Å². The molecule has 3 aromatic rings. The average Bonchev–Trinajstić information content (AvgIpc) is 2.93. The first kappa shape index (κ1) is 14.1. The lowest BCUT2D eigenvalue weighted by Crippen LogP contribution is -2.06. The van der Waals surface area contributed by atoms with Crippen molar-refractivity contribution in [3.05, 3.63) is 66.4 Å². The molecule has 4 heteroatoms. The third-order valence-corrected chi connectivity index (χ3v) is 3.41. The second-order valence-electron chi connectivity index (χ2n) is 5.02. The van der Waals surface area contributed by atoms with E-state index in [4.69, 9.17) is 4.84 Å². The molecular weight excluding hydrogens is 276 g/mol. The zero-order valence-electron chi connectivity index (χ0n) is 12.5. The number of nitrogens with zero attached hydrogens (tertiary/aromatic N) is 2. The van der Waals surface area contributed by atoms with Gasteiger partial charge in [-0.1, -0.05) is 41.6 Å². The van der Waals surface area contributed by atoms with Gasteiger partial charge in [-0.15, -0.1) is 0 Å². The summed E-state index contributed by atoms with van der Waals surface area (Å²) >= 11 is 0. The van der Waals surface area contributed by atoms with Crippen molar-refractivity contribution in [3.8, 4) is 5.69 Å². The standard InChI is InChI=1S/C18H16N2O2/c1-13(19-22-14(2)21)18-12-15-8-6-7-11-17(15)20(18)16-9-4-3-5-10-16/h3-12H,1-2H3. The van der Waals surface area contributed by atoms with Crippen LogP contribution in [-0.2, 0) is 9.63 Å². The zero-order chi connectivity index (χ0) is 15.5. The summed E-state index contributed by atoms with van der Waals surface area (Å²) in [5.74, 6) is -0.429. The maximum atomic E-state index is 11.0. The molecule has 4 nitrogen and oxygen atoms in total. The van der Waals surface area contributed by atoms with E-state index in [1.54, 1.807) is 0 Å². The summed E-state index contributed by atoms with van der Waals surface area (Å²) in [6, 6.07) is 20.2. The molecule has 3 rings (SSSR count). The third kappa shape index (κ3) is 2.63. The maximum Gasteiger partial charge on any atom is 0.331 e. The number of rotatable bonds is 3. The van der Waals surface area contributed by atoms with Crippen LogP contribution in [0.2, 0.25) is 0 Å². The Kier molecular flexibility index (Phi) is 3.74. The van der Waals surface area contributed by atoms with Gasteiger partial charge in [-0.2, -0.15) is 0 Å². The number of para-hydroxylation sites is 2. The highest BCUT2D eigenvalue weighted by Gasteiger charge is 2.13. The van der Waals surface area contributed by atoms with Crippen LogP contribution in [-0.4, -0.2) is 16.2 Å². The Hall–Kier alpha value is -2.88. The first-order chi connectivity index (χ1) is 10.7. The molecule has 0 aliphatic rings. The van der Waals surface area contributed by atoms with Crippen LogP contribution < -0.4 is 0 Å². The fraction of sp³-hybridized carbons (Fsp3) is 0.111. The van der Waals surface area contributed by atoms with Gasteiger partial charge in [0.1, 0.15) is 5.71 Å². The molecule has 0 bridgehead atoms. The summed E-state index contributed by atoms with van der Waals surface area (Å²) in [6.07, 6.45) is 0. The Morgan fingerprint density at radius 3 is 2.41 bits per heavy atom. The molecule has 1 aromatic heterocycles. The van der Waals surface area contributed by atoms with Crippen LogP contribution in [0, 0.1) is 0 Å². The summed E-state index contributed by atoms with van der Waals surface area (Å²) in [6.45, 7) is 3.17.